The zero-order valence-electron chi connectivity index (χ0n) is 6.55. The number of nitrogens with one attached hydrogen (secondary N) is 1. The van der Waals surface area contributed by atoms with Crippen LogP contribution in [-0.2, 0) is 0 Å². The maximum atomic E-state index is 3.27. The number of nitrogens with zero attached hydrogens (tertiary/aromatic N) is 1. The Morgan fingerprint density at radius 2 is 2.45 bits per heavy atom. The van der Waals surface area contributed by atoms with Gasteiger partial charge in [-0.2, -0.15) is 0 Å². The highest BCUT2D eigenvalue weighted by Gasteiger charge is 2.17. The van der Waals surface area contributed by atoms with Crippen LogP contribution in [0.15, 0.2) is 10.3 Å². The SMILES string of the molecule is Cc1csc2c1SNCN2C. The predicted octanol–water partition coefficient (Wildman–Crippen LogP) is 2.06. The van der Waals surface area contributed by atoms with Gasteiger partial charge >= 0.3 is 0 Å². The highest BCUT2D eigenvalue weighted by Crippen LogP contribution is 2.39. The number of hydrogen-bond donors (Lipinski definition) is 1. The zero-order chi connectivity index (χ0) is 7.84. The Balaban J connectivity index is 2.46. The summed E-state index contributed by atoms with van der Waals surface area (Å²) in [5, 5.41) is 3.60. The maximum Gasteiger partial charge on any atom is 0.107 e. The van der Waals surface area contributed by atoms with Gasteiger partial charge in [0.15, 0.2) is 0 Å². The largest absolute Gasteiger partial charge is 0.352 e. The van der Waals surface area contributed by atoms with Gasteiger partial charge in [-0.1, -0.05) is 0 Å². The highest BCUT2D eigenvalue weighted by atomic mass is 32.2. The van der Waals surface area contributed by atoms with Gasteiger partial charge < -0.3 is 4.90 Å². The molecule has 0 saturated carbocycles. The van der Waals surface area contributed by atoms with E-state index in [0.29, 0.717) is 0 Å². The minimum atomic E-state index is 0.942. The molecule has 0 aliphatic carbocycles. The lowest BCUT2D eigenvalue weighted by molar-refractivity contribution is 0.861. The van der Waals surface area contributed by atoms with Crippen LogP contribution in [0.2, 0.25) is 0 Å². The van der Waals surface area contributed by atoms with Gasteiger partial charge in [0.25, 0.3) is 0 Å². The van der Waals surface area contributed by atoms with Gasteiger partial charge in [0.1, 0.15) is 5.00 Å². The van der Waals surface area contributed by atoms with Crippen LogP contribution in [-0.4, -0.2) is 13.7 Å². The number of rotatable bonds is 0. The molecule has 0 unspecified atom stereocenters. The normalized spacial score (nSPS) is 16.7. The molecule has 1 N–H and O–H groups in total. The van der Waals surface area contributed by atoms with Gasteiger partial charge in [0.05, 0.1) is 11.6 Å². The minimum Gasteiger partial charge on any atom is -0.352 e. The number of hydrogen-bond acceptors (Lipinski definition) is 4. The van der Waals surface area contributed by atoms with Crippen LogP contribution in [0.1, 0.15) is 5.56 Å². The molecule has 0 amide bonds. The number of fused-ring (bicyclic) bond motifs is 1. The van der Waals surface area contributed by atoms with Gasteiger partial charge in [-0.05, 0) is 29.8 Å². The smallest absolute Gasteiger partial charge is 0.107 e. The molecule has 0 spiro atoms. The average molecular weight is 186 g/mol. The highest BCUT2D eigenvalue weighted by molar-refractivity contribution is 7.97. The summed E-state index contributed by atoms with van der Waals surface area (Å²) in [6, 6.07) is 0. The van der Waals surface area contributed by atoms with Crippen molar-refractivity contribution in [1.29, 1.82) is 0 Å². The van der Waals surface area contributed by atoms with Crippen molar-refractivity contribution in [2.75, 3.05) is 18.6 Å². The molecule has 0 atom stereocenters. The number of aryl methyl sites for hydroxylation is 1. The summed E-state index contributed by atoms with van der Waals surface area (Å²) in [4.78, 5) is 3.63. The van der Waals surface area contributed by atoms with Crippen molar-refractivity contribution in [1.82, 2.24) is 4.72 Å². The van der Waals surface area contributed by atoms with E-state index in [1.165, 1.54) is 15.5 Å². The molecule has 0 saturated heterocycles. The summed E-state index contributed by atoms with van der Waals surface area (Å²) in [6.07, 6.45) is 0. The van der Waals surface area contributed by atoms with Crippen LogP contribution >= 0.6 is 23.3 Å². The monoisotopic (exact) mass is 186 g/mol. The van der Waals surface area contributed by atoms with Crippen LogP contribution in [0.5, 0.6) is 0 Å². The Bertz CT molecular complexity index is 269. The lowest BCUT2D eigenvalue weighted by Gasteiger charge is -2.24. The second kappa shape index (κ2) is 2.69. The summed E-state index contributed by atoms with van der Waals surface area (Å²) in [5.74, 6) is 0. The standard InChI is InChI=1S/C7H10N2S2/c1-5-3-10-7-6(5)11-8-4-9(7)2/h3,8H,4H2,1-2H3. The first-order valence-electron chi connectivity index (χ1n) is 3.48. The maximum absolute atomic E-state index is 3.27. The van der Waals surface area contributed by atoms with Crippen LogP contribution in [0.25, 0.3) is 0 Å². The lowest BCUT2D eigenvalue weighted by atomic mass is 10.4. The molecular weight excluding hydrogens is 176 g/mol. The van der Waals surface area contributed by atoms with E-state index in [-0.39, 0.29) is 0 Å². The van der Waals surface area contributed by atoms with E-state index in [4.69, 9.17) is 0 Å². The molecule has 11 heavy (non-hydrogen) atoms. The fourth-order valence-electron chi connectivity index (χ4n) is 1.08. The molecule has 1 aliphatic rings. The Morgan fingerprint density at radius 3 is 3.18 bits per heavy atom. The van der Waals surface area contributed by atoms with Gasteiger partial charge in [0, 0.05) is 7.05 Å². The molecule has 60 valence electrons. The Hall–Kier alpha value is -0.190. The molecule has 2 nitrogen and oxygen atoms in total. The van der Waals surface area contributed by atoms with Crippen molar-refractivity contribution in [3.63, 3.8) is 0 Å². The zero-order valence-corrected chi connectivity index (χ0v) is 8.18. The van der Waals surface area contributed by atoms with E-state index in [1.807, 2.05) is 11.3 Å². The van der Waals surface area contributed by atoms with Gasteiger partial charge in [-0.25, -0.2) is 4.72 Å². The minimum absolute atomic E-state index is 0.942. The van der Waals surface area contributed by atoms with E-state index >= 15 is 0 Å². The van der Waals surface area contributed by atoms with E-state index in [9.17, 15) is 0 Å². The molecule has 0 aromatic carbocycles. The van der Waals surface area contributed by atoms with Crippen molar-refractivity contribution < 1.29 is 0 Å². The third kappa shape index (κ3) is 1.15. The van der Waals surface area contributed by atoms with Gasteiger partial charge in [-0.3, -0.25) is 0 Å². The first-order valence-corrected chi connectivity index (χ1v) is 5.17. The number of anilines is 1. The number of thiophene rings is 1. The molecular formula is C7H10N2S2. The topological polar surface area (TPSA) is 15.3 Å². The Morgan fingerprint density at radius 1 is 1.64 bits per heavy atom. The van der Waals surface area contributed by atoms with E-state index in [0.717, 1.165) is 6.67 Å². The van der Waals surface area contributed by atoms with Crippen molar-refractivity contribution in [3.8, 4) is 0 Å². The summed E-state index contributed by atoms with van der Waals surface area (Å²) in [7, 11) is 2.11. The van der Waals surface area contributed by atoms with E-state index < -0.39 is 0 Å². The first-order chi connectivity index (χ1) is 5.29. The van der Waals surface area contributed by atoms with E-state index in [2.05, 4.69) is 29.0 Å². The first kappa shape index (κ1) is 7.46. The molecule has 2 heterocycles. The summed E-state index contributed by atoms with van der Waals surface area (Å²) in [6.45, 7) is 3.10. The van der Waals surface area contributed by atoms with Gasteiger partial charge in [-0.15, -0.1) is 11.3 Å². The second-order valence-corrected chi connectivity index (χ2v) is 4.41. The van der Waals surface area contributed by atoms with Crippen molar-refractivity contribution in [2.45, 2.75) is 11.8 Å². The fraction of sp³-hybridized carbons (Fsp3) is 0.429. The Labute approximate surface area is 74.7 Å². The molecule has 4 heteroatoms. The lowest BCUT2D eigenvalue weighted by Crippen LogP contribution is -2.30. The van der Waals surface area contributed by atoms with Crippen molar-refractivity contribution >= 4 is 28.3 Å². The summed E-state index contributed by atoms with van der Waals surface area (Å²) in [5.41, 5.74) is 1.38. The van der Waals surface area contributed by atoms with Crippen molar-refractivity contribution in [2.24, 2.45) is 0 Å². The van der Waals surface area contributed by atoms with E-state index in [1.54, 1.807) is 11.9 Å². The average Bonchev–Trinajstić information content (AvgIpc) is 2.35. The predicted molar refractivity (Wildman–Crippen MR) is 51.3 cm³/mol. The van der Waals surface area contributed by atoms with Crippen molar-refractivity contribution in [3.05, 3.63) is 10.9 Å². The third-order valence-electron chi connectivity index (χ3n) is 1.72. The van der Waals surface area contributed by atoms with Crippen LogP contribution < -0.4 is 9.62 Å². The quantitative estimate of drug-likeness (QED) is 0.624. The van der Waals surface area contributed by atoms with Crippen LogP contribution in [0.4, 0.5) is 5.00 Å². The third-order valence-corrected chi connectivity index (χ3v) is 4.05. The van der Waals surface area contributed by atoms with Gasteiger partial charge in [0.2, 0.25) is 0 Å². The Kier molecular flexibility index (Phi) is 1.83. The molecule has 1 aromatic rings. The summed E-state index contributed by atoms with van der Waals surface area (Å²) < 4.78 is 3.27. The molecule has 0 fully saturated rings. The molecule has 0 bridgehead atoms. The second-order valence-electron chi connectivity index (χ2n) is 2.66. The molecule has 1 aliphatic heterocycles. The fourth-order valence-corrected chi connectivity index (χ4v) is 3.21. The summed E-state index contributed by atoms with van der Waals surface area (Å²) >= 11 is 3.57. The molecule has 0 radical (unpaired) electrons. The van der Waals surface area contributed by atoms with Crippen LogP contribution in [0, 0.1) is 6.92 Å². The molecule has 2 rings (SSSR count). The van der Waals surface area contributed by atoms with Crippen LogP contribution in [0.3, 0.4) is 0 Å². The molecule has 1 aromatic heterocycles.